The Kier molecular flexibility index (Phi) is 11.3. The molecular formula is C16H30O4S. The lowest BCUT2D eigenvalue weighted by molar-refractivity contribution is -0.128. The number of rotatable bonds is 13. The van der Waals surface area contributed by atoms with E-state index in [0.29, 0.717) is 6.42 Å². The third kappa shape index (κ3) is 10.5. The predicted octanol–water partition coefficient (Wildman–Crippen LogP) is 4.35. The van der Waals surface area contributed by atoms with Crippen molar-refractivity contribution in [3.63, 3.8) is 0 Å². The quantitative estimate of drug-likeness (QED) is 0.288. The lowest BCUT2D eigenvalue weighted by Crippen LogP contribution is -2.22. The van der Waals surface area contributed by atoms with E-state index in [1.165, 1.54) is 38.5 Å². The van der Waals surface area contributed by atoms with Crippen molar-refractivity contribution in [2.75, 3.05) is 0 Å². The van der Waals surface area contributed by atoms with Gasteiger partial charge in [-0.05, 0) is 13.3 Å². The Morgan fingerprint density at radius 2 is 1.52 bits per heavy atom. The summed E-state index contributed by atoms with van der Waals surface area (Å²) >= 11 is 0. The Hall–Kier alpha value is -0.840. The molecule has 4 nitrogen and oxygen atoms in total. The van der Waals surface area contributed by atoms with Crippen LogP contribution in [0.25, 0.3) is 0 Å². The minimum atomic E-state index is -3.80. The summed E-state index contributed by atoms with van der Waals surface area (Å²) in [5, 5.41) is -0.647. The molecule has 0 aliphatic heterocycles. The maximum Gasteiger partial charge on any atom is 0.345 e. The van der Waals surface area contributed by atoms with Gasteiger partial charge < -0.3 is 4.18 Å². The number of hydrogen-bond acceptors (Lipinski definition) is 4. The van der Waals surface area contributed by atoms with Gasteiger partial charge in [-0.3, -0.25) is 0 Å². The van der Waals surface area contributed by atoms with Gasteiger partial charge in [0, 0.05) is 6.08 Å². The lowest BCUT2D eigenvalue weighted by atomic mass is 10.1. The number of unbranched alkanes of at least 4 members (excludes halogenated alkanes) is 8. The van der Waals surface area contributed by atoms with Gasteiger partial charge in [0.25, 0.3) is 0 Å². The lowest BCUT2D eigenvalue weighted by Gasteiger charge is -2.11. The van der Waals surface area contributed by atoms with Gasteiger partial charge in [0.05, 0.1) is 5.25 Å². The van der Waals surface area contributed by atoms with Crippen LogP contribution in [0.5, 0.6) is 0 Å². The van der Waals surface area contributed by atoms with Crippen molar-refractivity contribution in [2.24, 2.45) is 0 Å². The van der Waals surface area contributed by atoms with E-state index in [4.69, 9.17) is 0 Å². The van der Waals surface area contributed by atoms with E-state index in [9.17, 15) is 13.2 Å². The molecule has 0 bridgehead atoms. The zero-order chi connectivity index (χ0) is 16.1. The number of carbonyl (C=O) groups is 1. The van der Waals surface area contributed by atoms with Gasteiger partial charge in [0.15, 0.2) is 0 Å². The van der Waals surface area contributed by atoms with Gasteiger partial charge in [-0.2, -0.15) is 8.42 Å². The average molecular weight is 318 g/mol. The second-order valence-electron chi connectivity index (χ2n) is 5.53. The van der Waals surface area contributed by atoms with Gasteiger partial charge in [-0.25, -0.2) is 4.79 Å². The summed E-state index contributed by atoms with van der Waals surface area (Å²) in [6.07, 6.45) is 12.1. The van der Waals surface area contributed by atoms with Gasteiger partial charge in [0.1, 0.15) is 0 Å². The number of carbonyl (C=O) groups excluding carboxylic acids is 1. The van der Waals surface area contributed by atoms with Crippen LogP contribution in [0.4, 0.5) is 0 Å². The van der Waals surface area contributed by atoms with Crippen LogP contribution in [0.3, 0.4) is 0 Å². The van der Waals surface area contributed by atoms with Crippen LogP contribution < -0.4 is 0 Å². The maximum absolute atomic E-state index is 11.7. The van der Waals surface area contributed by atoms with Gasteiger partial charge in [0.2, 0.25) is 0 Å². The van der Waals surface area contributed by atoms with Crippen molar-refractivity contribution in [1.82, 2.24) is 0 Å². The molecule has 0 radical (unpaired) electrons. The molecule has 21 heavy (non-hydrogen) atoms. The first-order valence-corrected chi connectivity index (χ1v) is 9.50. The van der Waals surface area contributed by atoms with Crippen LogP contribution in [-0.2, 0) is 19.1 Å². The number of hydrogen-bond donors (Lipinski definition) is 0. The zero-order valence-electron chi connectivity index (χ0n) is 13.5. The Balaban J connectivity index is 3.67. The minimum Gasteiger partial charge on any atom is -0.342 e. The van der Waals surface area contributed by atoms with Gasteiger partial charge in [-0.15, -0.1) is 0 Å². The van der Waals surface area contributed by atoms with Crippen molar-refractivity contribution in [3.8, 4) is 0 Å². The third-order valence-corrected chi connectivity index (χ3v) is 5.19. The van der Waals surface area contributed by atoms with Crippen molar-refractivity contribution in [1.29, 1.82) is 0 Å². The van der Waals surface area contributed by atoms with Gasteiger partial charge in [-0.1, -0.05) is 71.3 Å². The van der Waals surface area contributed by atoms with Crippen molar-refractivity contribution < 1.29 is 17.4 Å². The maximum atomic E-state index is 11.7. The Morgan fingerprint density at radius 3 is 2.00 bits per heavy atom. The molecule has 0 saturated heterocycles. The van der Waals surface area contributed by atoms with E-state index >= 15 is 0 Å². The van der Waals surface area contributed by atoms with Crippen LogP contribution in [0.2, 0.25) is 0 Å². The smallest absolute Gasteiger partial charge is 0.342 e. The molecule has 0 aromatic heterocycles. The third-order valence-electron chi connectivity index (χ3n) is 3.57. The summed E-state index contributed by atoms with van der Waals surface area (Å²) in [5.74, 6) is -0.908. The zero-order valence-corrected chi connectivity index (χ0v) is 14.3. The molecule has 0 N–H and O–H groups in total. The van der Waals surface area contributed by atoms with Crippen molar-refractivity contribution in [3.05, 3.63) is 12.7 Å². The van der Waals surface area contributed by atoms with Crippen molar-refractivity contribution in [2.45, 2.75) is 83.3 Å². The van der Waals surface area contributed by atoms with E-state index in [-0.39, 0.29) is 0 Å². The highest BCUT2D eigenvalue weighted by Gasteiger charge is 2.23. The summed E-state index contributed by atoms with van der Waals surface area (Å²) in [6, 6.07) is 0. The largest absolute Gasteiger partial charge is 0.345 e. The van der Waals surface area contributed by atoms with Crippen LogP contribution in [0.1, 0.15) is 78.1 Å². The highest BCUT2D eigenvalue weighted by molar-refractivity contribution is 7.87. The van der Waals surface area contributed by atoms with Crippen LogP contribution in [-0.4, -0.2) is 19.6 Å². The fourth-order valence-electron chi connectivity index (χ4n) is 2.12. The summed E-state index contributed by atoms with van der Waals surface area (Å²) in [7, 11) is -3.80. The molecule has 0 saturated carbocycles. The van der Waals surface area contributed by atoms with E-state index < -0.39 is 21.3 Å². The normalized spacial score (nSPS) is 12.9. The molecule has 0 spiro atoms. The highest BCUT2D eigenvalue weighted by atomic mass is 32.2. The summed E-state index contributed by atoms with van der Waals surface area (Å²) in [4.78, 5) is 10.9. The first-order chi connectivity index (χ1) is 9.94. The molecule has 0 aliphatic rings. The molecule has 0 fully saturated rings. The summed E-state index contributed by atoms with van der Waals surface area (Å²) in [6.45, 7) is 6.98. The predicted molar refractivity (Wildman–Crippen MR) is 86.5 cm³/mol. The molecule has 0 amide bonds. The van der Waals surface area contributed by atoms with E-state index in [0.717, 1.165) is 25.3 Å². The van der Waals surface area contributed by atoms with Crippen LogP contribution >= 0.6 is 0 Å². The molecule has 5 heteroatoms. The summed E-state index contributed by atoms with van der Waals surface area (Å²) < 4.78 is 27.7. The molecule has 0 aromatic carbocycles. The molecule has 0 aromatic rings. The first-order valence-electron chi connectivity index (χ1n) is 8.03. The highest BCUT2D eigenvalue weighted by Crippen LogP contribution is 2.15. The molecule has 1 unspecified atom stereocenters. The van der Waals surface area contributed by atoms with Crippen molar-refractivity contribution >= 4 is 16.1 Å². The fraction of sp³-hybridized carbons (Fsp3) is 0.812. The minimum absolute atomic E-state index is 0.530. The summed E-state index contributed by atoms with van der Waals surface area (Å²) in [5.41, 5.74) is 0. The molecule has 0 heterocycles. The molecule has 0 aliphatic carbocycles. The van der Waals surface area contributed by atoms with Crippen LogP contribution in [0, 0.1) is 0 Å². The molecular weight excluding hydrogens is 288 g/mol. The van der Waals surface area contributed by atoms with Gasteiger partial charge >= 0.3 is 16.1 Å². The van der Waals surface area contributed by atoms with E-state index in [1.54, 1.807) is 6.92 Å². The second kappa shape index (κ2) is 11.8. The molecule has 124 valence electrons. The first kappa shape index (κ1) is 20.2. The second-order valence-corrected chi connectivity index (χ2v) is 7.48. The Morgan fingerprint density at radius 1 is 1.05 bits per heavy atom. The fourth-order valence-corrected chi connectivity index (χ4v) is 3.03. The standard InChI is InChI=1S/C16H30O4S/c1-4-6-7-8-9-10-11-12-13-14-15(3)21(18,19)20-16(17)5-2/h5,15H,2,4,6-14H2,1,3H3. The molecule has 0 rings (SSSR count). The monoisotopic (exact) mass is 318 g/mol. The Labute approximate surface area is 130 Å². The molecule has 1 atom stereocenters. The van der Waals surface area contributed by atoms with E-state index in [1.807, 2.05) is 0 Å². The average Bonchev–Trinajstić information content (AvgIpc) is 2.44. The van der Waals surface area contributed by atoms with E-state index in [2.05, 4.69) is 17.7 Å². The van der Waals surface area contributed by atoms with Crippen LogP contribution in [0.15, 0.2) is 12.7 Å². The SMILES string of the molecule is C=CC(=O)OS(=O)(=O)C(C)CCCCCCCCCCC. The topological polar surface area (TPSA) is 60.4 Å². The Bertz CT molecular complexity index is 387.